The molecule has 35 heavy (non-hydrogen) atoms. The van der Waals surface area contributed by atoms with Crippen LogP contribution in [0.4, 0.5) is 0 Å². The highest BCUT2D eigenvalue weighted by molar-refractivity contribution is 6.30. The maximum Gasteiger partial charge on any atom is 0.272 e. The van der Waals surface area contributed by atoms with E-state index in [2.05, 4.69) is 39.4 Å². The number of furan rings is 1. The fourth-order valence-electron chi connectivity index (χ4n) is 4.31. The predicted molar refractivity (Wildman–Crippen MR) is 137 cm³/mol. The number of carbonyl (C=O) groups is 1. The van der Waals surface area contributed by atoms with Crippen LogP contribution in [0.1, 0.15) is 22.1 Å². The molecule has 1 aliphatic heterocycles. The van der Waals surface area contributed by atoms with E-state index in [1.165, 1.54) is 0 Å². The number of nitrogens with zero attached hydrogens (tertiary/aromatic N) is 4. The van der Waals surface area contributed by atoms with Gasteiger partial charge in [0.25, 0.3) is 5.91 Å². The fraction of sp³-hybridized carbons (Fsp3) is 0.259. The molecule has 8 heteroatoms. The number of nitrogens with one attached hydrogen (secondary N) is 1. The smallest absolute Gasteiger partial charge is 0.272 e. The molecule has 0 aliphatic carbocycles. The van der Waals surface area contributed by atoms with E-state index in [4.69, 9.17) is 16.0 Å². The molecule has 2 aromatic carbocycles. The summed E-state index contributed by atoms with van der Waals surface area (Å²) < 4.78 is 7.34. The van der Waals surface area contributed by atoms with Crippen LogP contribution < -0.4 is 5.32 Å². The number of hydrogen-bond acceptors (Lipinski definition) is 5. The zero-order valence-electron chi connectivity index (χ0n) is 19.6. The molecule has 1 unspecified atom stereocenters. The number of carbonyl (C=O) groups excluding carboxylic acids is 1. The number of halogens is 1. The minimum absolute atomic E-state index is 0.153. The first-order chi connectivity index (χ1) is 17.1. The first-order valence-electron chi connectivity index (χ1n) is 11.7. The van der Waals surface area contributed by atoms with Gasteiger partial charge in [0.15, 0.2) is 11.5 Å². The largest absolute Gasteiger partial charge is 0.463 e. The Labute approximate surface area is 209 Å². The summed E-state index contributed by atoms with van der Waals surface area (Å²) in [6.07, 6.45) is 1.61. The predicted octanol–water partition coefficient (Wildman–Crippen LogP) is 4.50. The van der Waals surface area contributed by atoms with Gasteiger partial charge in [0, 0.05) is 43.8 Å². The summed E-state index contributed by atoms with van der Waals surface area (Å²) in [4.78, 5) is 18.2. The molecule has 1 atom stereocenters. The molecule has 0 spiro atoms. The molecule has 180 valence electrons. The van der Waals surface area contributed by atoms with Crippen molar-refractivity contribution in [1.82, 2.24) is 24.9 Å². The van der Waals surface area contributed by atoms with Gasteiger partial charge in [-0.25, -0.2) is 4.68 Å². The standard InChI is InChI=1S/C27H28ClN5O2/c1-31-13-15-32(16-14-31)19-24(20-6-3-2-4-7-20)29-27(34)23-18-25(26-8-5-17-35-26)33(30-23)22-11-9-21(28)10-12-22/h2-12,17-18,24H,13-16,19H2,1H3,(H,29,34). The lowest BCUT2D eigenvalue weighted by Crippen LogP contribution is -2.47. The Bertz CT molecular complexity index is 1250. The topological polar surface area (TPSA) is 66.5 Å². The van der Waals surface area contributed by atoms with Crippen molar-refractivity contribution in [3.05, 3.63) is 95.3 Å². The van der Waals surface area contributed by atoms with E-state index in [1.807, 2.05) is 42.5 Å². The number of amides is 1. The van der Waals surface area contributed by atoms with E-state index in [0.717, 1.165) is 44.0 Å². The molecule has 4 aromatic rings. The molecule has 2 aromatic heterocycles. The summed E-state index contributed by atoms with van der Waals surface area (Å²) in [7, 11) is 2.14. The van der Waals surface area contributed by atoms with Gasteiger partial charge in [-0.05, 0) is 49.0 Å². The second kappa shape index (κ2) is 10.5. The lowest BCUT2D eigenvalue weighted by atomic mass is 10.1. The van der Waals surface area contributed by atoms with Crippen LogP contribution in [0.2, 0.25) is 5.02 Å². The Balaban J connectivity index is 1.42. The van der Waals surface area contributed by atoms with Gasteiger partial charge >= 0.3 is 0 Å². The minimum atomic E-state index is -0.228. The molecule has 1 N–H and O–H groups in total. The average Bonchev–Trinajstić information content (AvgIpc) is 3.56. The van der Waals surface area contributed by atoms with Crippen molar-refractivity contribution >= 4 is 17.5 Å². The molecular weight excluding hydrogens is 462 g/mol. The van der Waals surface area contributed by atoms with Gasteiger partial charge in [0.1, 0.15) is 5.69 Å². The Morgan fingerprint density at radius 2 is 1.77 bits per heavy atom. The van der Waals surface area contributed by atoms with Crippen molar-refractivity contribution in [3.8, 4) is 17.1 Å². The maximum atomic E-state index is 13.5. The molecule has 5 rings (SSSR count). The zero-order valence-corrected chi connectivity index (χ0v) is 20.4. The highest BCUT2D eigenvalue weighted by Gasteiger charge is 2.24. The maximum absolute atomic E-state index is 13.5. The van der Waals surface area contributed by atoms with Crippen molar-refractivity contribution in [2.24, 2.45) is 0 Å². The van der Waals surface area contributed by atoms with Crippen LogP contribution in [0.3, 0.4) is 0 Å². The lowest BCUT2D eigenvalue weighted by molar-refractivity contribution is 0.0902. The zero-order chi connectivity index (χ0) is 24.2. The van der Waals surface area contributed by atoms with Gasteiger partial charge in [0.2, 0.25) is 0 Å². The van der Waals surface area contributed by atoms with Crippen molar-refractivity contribution in [2.75, 3.05) is 39.8 Å². The highest BCUT2D eigenvalue weighted by atomic mass is 35.5. The van der Waals surface area contributed by atoms with E-state index in [-0.39, 0.29) is 11.9 Å². The summed E-state index contributed by atoms with van der Waals surface area (Å²) in [6, 6.07) is 22.7. The van der Waals surface area contributed by atoms with E-state index < -0.39 is 0 Å². The fourth-order valence-corrected chi connectivity index (χ4v) is 4.44. The molecule has 1 saturated heterocycles. The number of piperazine rings is 1. The second-order valence-electron chi connectivity index (χ2n) is 8.82. The molecule has 1 aliphatic rings. The van der Waals surface area contributed by atoms with E-state index in [0.29, 0.717) is 22.2 Å². The normalized spacial score (nSPS) is 15.7. The number of hydrogen-bond donors (Lipinski definition) is 1. The van der Waals surface area contributed by atoms with Crippen molar-refractivity contribution in [1.29, 1.82) is 0 Å². The average molecular weight is 490 g/mol. The molecule has 0 radical (unpaired) electrons. The van der Waals surface area contributed by atoms with Crippen molar-refractivity contribution < 1.29 is 9.21 Å². The van der Waals surface area contributed by atoms with Gasteiger partial charge in [0.05, 0.1) is 18.0 Å². The van der Waals surface area contributed by atoms with E-state index >= 15 is 0 Å². The van der Waals surface area contributed by atoms with Gasteiger partial charge in [-0.1, -0.05) is 41.9 Å². The summed E-state index contributed by atoms with van der Waals surface area (Å²) >= 11 is 6.08. The van der Waals surface area contributed by atoms with Crippen LogP contribution >= 0.6 is 11.6 Å². The van der Waals surface area contributed by atoms with Crippen LogP contribution in [0.15, 0.2) is 83.5 Å². The summed E-state index contributed by atoms with van der Waals surface area (Å²) in [6.45, 7) is 4.74. The number of rotatable bonds is 7. The Morgan fingerprint density at radius 1 is 1.03 bits per heavy atom. The van der Waals surface area contributed by atoms with Crippen LogP contribution in [0.25, 0.3) is 17.1 Å². The SMILES string of the molecule is CN1CCN(CC(NC(=O)c2cc(-c3ccco3)n(-c3ccc(Cl)cc3)n2)c2ccccc2)CC1. The number of aromatic nitrogens is 2. The Morgan fingerprint density at radius 3 is 2.46 bits per heavy atom. The second-order valence-corrected chi connectivity index (χ2v) is 9.26. The Kier molecular flexibility index (Phi) is 6.99. The monoisotopic (exact) mass is 489 g/mol. The summed E-state index contributed by atoms with van der Waals surface area (Å²) in [5.74, 6) is 0.400. The van der Waals surface area contributed by atoms with Crippen LogP contribution in [-0.4, -0.2) is 65.3 Å². The van der Waals surface area contributed by atoms with Gasteiger partial charge < -0.3 is 14.6 Å². The first-order valence-corrected chi connectivity index (χ1v) is 12.1. The van der Waals surface area contributed by atoms with Gasteiger partial charge in [-0.2, -0.15) is 5.10 Å². The van der Waals surface area contributed by atoms with Gasteiger partial charge in [-0.3, -0.25) is 9.69 Å². The number of benzene rings is 2. The van der Waals surface area contributed by atoms with Crippen LogP contribution in [0.5, 0.6) is 0 Å². The number of likely N-dealkylation sites (N-methyl/N-ethyl adjacent to an activating group) is 1. The van der Waals surface area contributed by atoms with E-state index in [9.17, 15) is 4.79 Å². The Hall–Kier alpha value is -3.39. The minimum Gasteiger partial charge on any atom is -0.463 e. The molecule has 1 amide bonds. The molecule has 0 bridgehead atoms. The molecule has 7 nitrogen and oxygen atoms in total. The molecule has 1 fully saturated rings. The summed E-state index contributed by atoms with van der Waals surface area (Å²) in [5.41, 5.74) is 2.88. The van der Waals surface area contributed by atoms with E-state index in [1.54, 1.807) is 29.1 Å². The molecule has 3 heterocycles. The quantitative estimate of drug-likeness (QED) is 0.414. The van der Waals surface area contributed by atoms with Crippen molar-refractivity contribution in [3.63, 3.8) is 0 Å². The highest BCUT2D eigenvalue weighted by Crippen LogP contribution is 2.26. The summed E-state index contributed by atoms with van der Waals surface area (Å²) in [5, 5.41) is 8.52. The third-order valence-electron chi connectivity index (χ3n) is 6.33. The van der Waals surface area contributed by atoms with Crippen molar-refractivity contribution in [2.45, 2.75) is 6.04 Å². The van der Waals surface area contributed by atoms with Gasteiger partial charge in [-0.15, -0.1) is 0 Å². The first kappa shape index (κ1) is 23.4. The lowest BCUT2D eigenvalue weighted by Gasteiger charge is -2.35. The third kappa shape index (κ3) is 5.48. The molecule has 0 saturated carbocycles. The van der Waals surface area contributed by atoms with Crippen LogP contribution in [-0.2, 0) is 0 Å². The third-order valence-corrected chi connectivity index (χ3v) is 6.58. The molecular formula is C27H28ClN5O2. The van der Waals surface area contributed by atoms with Crippen LogP contribution in [0, 0.1) is 0 Å².